The summed E-state index contributed by atoms with van der Waals surface area (Å²) in [6.45, 7) is 4.10. The van der Waals surface area contributed by atoms with Crippen LogP contribution in [0.3, 0.4) is 0 Å². The van der Waals surface area contributed by atoms with Gasteiger partial charge in [-0.05, 0) is 19.4 Å². The number of halogens is 1. The fourth-order valence-corrected chi connectivity index (χ4v) is 1.35. The zero-order valence-corrected chi connectivity index (χ0v) is 8.75. The van der Waals surface area contributed by atoms with Gasteiger partial charge in [-0.3, -0.25) is 4.99 Å². The first-order valence-electron chi connectivity index (χ1n) is 4.42. The molecule has 0 radical (unpaired) electrons. The second-order valence-corrected chi connectivity index (χ2v) is 3.44. The topological polar surface area (TPSA) is 12.4 Å². The van der Waals surface area contributed by atoms with Crippen LogP contribution in [0, 0.1) is 0 Å². The lowest BCUT2D eigenvalue weighted by Gasteiger charge is -2.04. The van der Waals surface area contributed by atoms with E-state index < -0.39 is 0 Å². The fourth-order valence-electron chi connectivity index (χ4n) is 1.13. The molecule has 0 unspecified atom stereocenters. The van der Waals surface area contributed by atoms with Gasteiger partial charge in [0.05, 0.1) is 11.6 Å². The van der Waals surface area contributed by atoms with Gasteiger partial charge >= 0.3 is 0 Å². The number of rotatable bonds is 3. The van der Waals surface area contributed by atoms with E-state index in [1.165, 1.54) is 0 Å². The highest BCUT2D eigenvalue weighted by atomic mass is 35.5. The molecule has 0 saturated carbocycles. The molecular formula is C11H14ClN. The van der Waals surface area contributed by atoms with Crippen LogP contribution in [0.2, 0.25) is 0 Å². The summed E-state index contributed by atoms with van der Waals surface area (Å²) in [4.78, 5) is 4.45. The van der Waals surface area contributed by atoms with E-state index in [4.69, 9.17) is 11.6 Å². The molecule has 0 fully saturated rings. The molecule has 1 aromatic carbocycles. The maximum Gasteiger partial charge on any atom is 0.0649 e. The summed E-state index contributed by atoms with van der Waals surface area (Å²) in [6.07, 6.45) is 0. The molecule has 1 nitrogen and oxygen atoms in total. The smallest absolute Gasteiger partial charge is 0.0649 e. The summed E-state index contributed by atoms with van der Waals surface area (Å²) in [7, 11) is 0. The van der Waals surface area contributed by atoms with E-state index in [1.54, 1.807) is 0 Å². The number of benzene rings is 1. The predicted octanol–water partition coefficient (Wildman–Crippen LogP) is 3.12. The highest BCUT2D eigenvalue weighted by Crippen LogP contribution is 2.04. The number of hydrogen-bond donors (Lipinski definition) is 0. The molecule has 0 spiro atoms. The second kappa shape index (κ2) is 5.03. The number of aliphatic imine (C=N–C) groups is 1. The van der Waals surface area contributed by atoms with Crippen LogP contribution in [0.25, 0.3) is 0 Å². The van der Waals surface area contributed by atoms with Crippen molar-refractivity contribution in [3.05, 3.63) is 35.9 Å². The zero-order chi connectivity index (χ0) is 9.68. The zero-order valence-electron chi connectivity index (χ0n) is 8.00. The Kier molecular flexibility index (Phi) is 3.97. The SMILES string of the molecule is CC(C)N=C(CCl)c1ccccc1. The van der Waals surface area contributed by atoms with Gasteiger partial charge in [-0.1, -0.05) is 30.3 Å². The van der Waals surface area contributed by atoms with Crippen molar-refractivity contribution >= 4 is 17.3 Å². The summed E-state index contributed by atoms with van der Waals surface area (Å²) in [6, 6.07) is 10.3. The van der Waals surface area contributed by atoms with E-state index in [0.717, 1.165) is 11.3 Å². The maximum absolute atomic E-state index is 5.82. The van der Waals surface area contributed by atoms with Gasteiger partial charge in [0.25, 0.3) is 0 Å². The van der Waals surface area contributed by atoms with Gasteiger partial charge in [0.2, 0.25) is 0 Å². The molecule has 13 heavy (non-hydrogen) atoms. The van der Waals surface area contributed by atoms with E-state index in [1.807, 2.05) is 30.3 Å². The van der Waals surface area contributed by atoms with Crippen LogP contribution in [0.4, 0.5) is 0 Å². The third-order valence-corrected chi connectivity index (χ3v) is 1.90. The Morgan fingerprint density at radius 3 is 2.38 bits per heavy atom. The lowest BCUT2D eigenvalue weighted by molar-refractivity contribution is 0.836. The predicted molar refractivity (Wildman–Crippen MR) is 58.8 cm³/mol. The Balaban J connectivity index is 2.91. The summed E-state index contributed by atoms with van der Waals surface area (Å²) < 4.78 is 0. The molecule has 0 atom stereocenters. The van der Waals surface area contributed by atoms with Gasteiger partial charge in [0, 0.05) is 6.04 Å². The van der Waals surface area contributed by atoms with Crippen LogP contribution in [0.5, 0.6) is 0 Å². The van der Waals surface area contributed by atoms with Crippen LogP contribution in [-0.2, 0) is 0 Å². The Morgan fingerprint density at radius 1 is 1.31 bits per heavy atom. The van der Waals surface area contributed by atoms with Crippen molar-refractivity contribution in [2.24, 2.45) is 4.99 Å². The minimum Gasteiger partial charge on any atom is -0.285 e. The molecule has 1 aromatic rings. The third-order valence-electron chi connectivity index (χ3n) is 1.65. The Labute approximate surface area is 84.5 Å². The summed E-state index contributed by atoms with van der Waals surface area (Å²) >= 11 is 5.82. The van der Waals surface area contributed by atoms with Gasteiger partial charge < -0.3 is 0 Å². The van der Waals surface area contributed by atoms with Crippen LogP contribution < -0.4 is 0 Å². The molecule has 0 aliphatic heterocycles. The van der Waals surface area contributed by atoms with Crippen LogP contribution in [0.15, 0.2) is 35.3 Å². The first kappa shape index (κ1) is 10.3. The monoisotopic (exact) mass is 195 g/mol. The number of alkyl halides is 1. The highest BCUT2D eigenvalue weighted by molar-refractivity contribution is 6.31. The van der Waals surface area contributed by atoms with E-state index in [-0.39, 0.29) is 0 Å². The van der Waals surface area contributed by atoms with Crippen molar-refractivity contribution in [1.29, 1.82) is 0 Å². The first-order valence-corrected chi connectivity index (χ1v) is 4.95. The van der Waals surface area contributed by atoms with Gasteiger partial charge in [-0.2, -0.15) is 0 Å². The lowest BCUT2D eigenvalue weighted by atomic mass is 10.1. The summed E-state index contributed by atoms with van der Waals surface area (Å²) in [5.74, 6) is 0.474. The van der Waals surface area contributed by atoms with E-state index in [0.29, 0.717) is 11.9 Å². The lowest BCUT2D eigenvalue weighted by Crippen LogP contribution is -2.06. The average Bonchev–Trinajstić information content (AvgIpc) is 2.15. The Bertz CT molecular complexity index is 277. The molecule has 2 heteroatoms. The number of nitrogens with zero attached hydrogens (tertiary/aromatic N) is 1. The van der Waals surface area contributed by atoms with Crippen LogP contribution in [0.1, 0.15) is 19.4 Å². The van der Waals surface area contributed by atoms with Crippen molar-refractivity contribution in [2.45, 2.75) is 19.9 Å². The minimum absolute atomic E-state index is 0.300. The number of hydrogen-bond acceptors (Lipinski definition) is 1. The van der Waals surface area contributed by atoms with Crippen molar-refractivity contribution in [3.63, 3.8) is 0 Å². The van der Waals surface area contributed by atoms with Gasteiger partial charge in [0.1, 0.15) is 0 Å². The molecule has 0 bridgehead atoms. The summed E-state index contributed by atoms with van der Waals surface area (Å²) in [5, 5.41) is 0. The highest BCUT2D eigenvalue weighted by Gasteiger charge is 2.01. The van der Waals surface area contributed by atoms with Crippen molar-refractivity contribution in [3.8, 4) is 0 Å². The van der Waals surface area contributed by atoms with Crippen molar-refractivity contribution in [1.82, 2.24) is 0 Å². The van der Waals surface area contributed by atoms with Crippen molar-refractivity contribution < 1.29 is 0 Å². The third kappa shape index (κ3) is 3.19. The normalized spacial score (nSPS) is 12.2. The Morgan fingerprint density at radius 2 is 1.92 bits per heavy atom. The van der Waals surface area contributed by atoms with E-state index in [2.05, 4.69) is 18.8 Å². The molecule has 0 N–H and O–H groups in total. The minimum atomic E-state index is 0.300. The van der Waals surface area contributed by atoms with Crippen molar-refractivity contribution in [2.75, 3.05) is 5.88 Å². The molecule has 0 amide bonds. The molecule has 70 valence electrons. The maximum atomic E-state index is 5.82. The molecular weight excluding hydrogens is 182 g/mol. The quantitative estimate of drug-likeness (QED) is 0.519. The average molecular weight is 196 g/mol. The molecule has 0 heterocycles. The molecule has 0 aromatic heterocycles. The van der Waals surface area contributed by atoms with Gasteiger partial charge in [0.15, 0.2) is 0 Å². The van der Waals surface area contributed by atoms with Gasteiger partial charge in [-0.25, -0.2) is 0 Å². The van der Waals surface area contributed by atoms with E-state index in [9.17, 15) is 0 Å². The first-order chi connectivity index (χ1) is 6.24. The van der Waals surface area contributed by atoms with Crippen LogP contribution in [-0.4, -0.2) is 17.6 Å². The largest absolute Gasteiger partial charge is 0.285 e. The van der Waals surface area contributed by atoms with Gasteiger partial charge in [-0.15, -0.1) is 11.6 Å². The Hall–Kier alpha value is -0.820. The molecule has 0 aliphatic carbocycles. The standard InChI is InChI=1S/C11H14ClN/c1-9(2)13-11(8-12)10-6-4-3-5-7-10/h3-7,9H,8H2,1-2H3. The molecule has 1 rings (SSSR count). The second-order valence-electron chi connectivity index (χ2n) is 3.17. The van der Waals surface area contributed by atoms with E-state index >= 15 is 0 Å². The molecule has 0 saturated heterocycles. The van der Waals surface area contributed by atoms with Crippen LogP contribution >= 0.6 is 11.6 Å². The fraction of sp³-hybridized carbons (Fsp3) is 0.364. The molecule has 0 aliphatic rings. The summed E-state index contributed by atoms with van der Waals surface area (Å²) in [5.41, 5.74) is 2.09.